The number of rotatable bonds is 4. The van der Waals surface area contributed by atoms with Crippen molar-refractivity contribution in [2.24, 2.45) is 5.92 Å². The van der Waals surface area contributed by atoms with Gasteiger partial charge in [0.15, 0.2) is 6.61 Å². The number of amides is 1. The Bertz CT molecular complexity index is 886. The number of carbonyl (C=O) groups excluding carboxylic acids is 2. The number of aryl methyl sites for hydroxylation is 1. The molecule has 0 radical (unpaired) electrons. The number of esters is 1. The Morgan fingerprint density at radius 3 is 2.82 bits per heavy atom. The van der Waals surface area contributed by atoms with E-state index in [2.05, 4.69) is 11.9 Å². The van der Waals surface area contributed by atoms with Gasteiger partial charge in [-0.25, -0.2) is 4.98 Å². The maximum Gasteiger partial charge on any atom is 0.326 e. The molecular weight excluding hydrogens is 376 g/mol. The van der Waals surface area contributed by atoms with E-state index in [0.29, 0.717) is 17.4 Å². The van der Waals surface area contributed by atoms with Crippen molar-refractivity contribution in [2.75, 3.05) is 18.1 Å². The van der Waals surface area contributed by atoms with Gasteiger partial charge < -0.3 is 9.47 Å². The third kappa shape index (κ3) is 4.04. The predicted molar refractivity (Wildman–Crippen MR) is 108 cm³/mol. The molecule has 148 valence electrons. The van der Waals surface area contributed by atoms with Crippen molar-refractivity contribution in [2.45, 2.75) is 45.6 Å². The number of hydrogen-bond donors (Lipinski definition) is 0. The number of nitrogens with zero attached hydrogens (tertiary/aromatic N) is 2. The fourth-order valence-corrected chi connectivity index (χ4v) is 4.35. The van der Waals surface area contributed by atoms with Gasteiger partial charge in [0, 0.05) is 10.9 Å². The molecule has 1 saturated carbocycles. The van der Waals surface area contributed by atoms with Gasteiger partial charge in [-0.05, 0) is 56.7 Å². The van der Waals surface area contributed by atoms with Crippen LogP contribution >= 0.6 is 11.3 Å². The van der Waals surface area contributed by atoms with Crippen LogP contribution in [0.5, 0.6) is 5.75 Å². The summed E-state index contributed by atoms with van der Waals surface area (Å²) in [5.41, 5.74) is 2.33. The molecule has 28 heavy (non-hydrogen) atoms. The van der Waals surface area contributed by atoms with Gasteiger partial charge in [-0.2, -0.15) is 0 Å². The highest BCUT2D eigenvalue weighted by atomic mass is 32.1. The number of hydrogen-bond acceptors (Lipinski definition) is 6. The Kier molecular flexibility index (Phi) is 5.35. The summed E-state index contributed by atoms with van der Waals surface area (Å²) in [6.45, 7) is 4.01. The van der Waals surface area contributed by atoms with Crippen molar-refractivity contribution < 1.29 is 19.1 Å². The summed E-state index contributed by atoms with van der Waals surface area (Å²) in [5, 5.41) is 2.95. The number of anilines is 1. The van der Waals surface area contributed by atoms with Crippen LogP contribution in [-0.4, -0.2) is 36.1 Å². The summed E-state index contributed by atoms with van der Waals surface area (Å²) in [7, 11) is 0. The molecule has 1 aromatic carbocycles. The smallest absolute Gasteiger partial charge is 0.326 e. The normalized spacial score (nSPS) is 21.8. The molecule has 1 aliphatic carbocycles. The number of fused-ring (bicyclic) bond motifs is 1. The quantitative estimate of drug-likeness (QED) is 0.727. The largest absolute Gasteiger partial charge is 0.482 e. The van der Waals surface area contributed by atoms with Crippen LogP contribution in [0.15, 0.2) is 23.6 Å². The van der Waals surface area contributed by atoms with Crippen LogP contribution in [0.3, 0.4) is 0 Å². The minimum absolute atomic E-state index is 0.0383. The molecule has 2 aromatic rings. The molecule has 1 aliphatic heterocycles. The maximum atomic E-state index is 12.5. The third-order valence-electron chi connectivity index (χ3n) is 5.36. The van der Waals surface area contributed by atoms with Crippen LogP contribution in [0.2, 0.25) is 0 Å². The van der Waals surface area contributed by atoms with Crippen molar-refractivity contribution in [3.63, 3.8) is 0 Å². The highest BCUT2D eigenvalue weighted by molar-refractivity contribution is 7.09. The van der Waals surface area contributed by atoms with E-state index < -0.39 is 0 Å². The van der Waals surface area contributed by atoms with Crippen LogP contribution in [0.1, 0.15) is 37.6 Å². The Morgan fingerprint density at radius 1 is 1.32 bits per heavy atom. The fraction of sp³-hybridized carbons (Fsp3) is 0.476. The van der Waals surface area contributed by atoms with Gasteiger partial charge >= 0.3 is 5.97 Å². The number of carbonyl (C=O) groups is 2. The highest BCUT2D eigenvalue weighted by Gasteiger charge is 2.30. The lowest BCUT2D eigenvalue weighted by molar-refractivity contribution is -0.150. The Balaban J connectivity index is 1.51. The van der Waals surface area contributed by atoms with E-state index >= 15 is 0 Å². The minimum Gasteiger partial charge on any atom is -0.482 e. The zero-order chi connectivity index (χ0) is 19.7. The third-order valence-corrected chi connectivity index (χ3v) is 6.14. The molecule has 1 amide bonds. The summed E-state index contributed by atoms with van der Waals surface area (Å²) in [6.07, 6.45) is 3.91. The van der Waals surface area contributed by atoms with Crippen LogP contribution in [0.25, 0.3) is 11.3 Å². The van der Waals surface area contributed by atoms with Gasteiger partial charge in [-0.3, -0.25) is 14.5 Å². The number of benzene rings is 1. The average Bonchev–Trinajstić information content (AvgIpc) is 3.12. The van der Waals surface area contributed by atoms with E-state index in [1.54, 1.807) is 11.3 Å². The molecule has 4 rings (SSSR count). The van der Waals surface area contributed by atoms with Crippen molar-refractivity contribution in [3.8, 4) is 17.0 Å². The standard InChI is InChI=1S/C21H24N2O4S/c1-13-3-6-16(7-4-13)27-21(25)10-23-18-9-15(17-12-28-14(2)22-17)5-8-19(18)26-11-20(23)24/h5,8-9,12-13,16H,3-4,6-7,10-11H2,1-2H3. The lowest BCUT2D eigenvalue weighted by Gasteiger charge is -2.30. The molecule has 1 aromatic heterocycles. The molecule has 0 N–H and O–H groups in total. The summed E-state index contributed by atoms with van der Waals surface area (Å²) in [5.74, 6) is 0.675. The van der Waals surface area contributed by atoms with Crippen molar-refractivity contribution >= 4 is 28.9 Å². The highest BCUT2D eigenvalue weighted by Crippen LogP contribution is 2.36. The van der Waals surface area contributed by atoms with Gasteiger partial charge in [-0.1, -0.05) is 6.92 Å². The van der Waals surface area contributed by atoms with Crippen molar-refractivity contribution in [1.82, 2.24) is 4.98 Å². The lowest BCUT2D eigenvalue weighted by Crippen LogP contribution is -2.43. The molecule has 6 nitrogen and oxygen atoms in total. The van der Waals surface area contributed by atoms with Gasteiger partial charge in [0.1, 0.15) is 18.4 Å². The fourth-order valence-electron chi connectivity index (χ4n) is 3.73. The van der Waals surface area contributed by atoms with Crippen LogP contribution in [0, 0.1) is 12.8 Å². The molecule has 0 unspecified atom stereocenters. The average molecular weight is 401 g/mol. The molecule has 2 aliphatic rings. The van der Waals surface area contributed by atoms with E-state index in [-0.39, 0.29) is 31.1 Å². The molecule has 1 fully saturated rings. The molecule has 0 bridgehead atoms. The molecular formula is C21H24N2O4S. The second-order valence-electron chi connectivity index (χ2n) is 7.57. The van der Waals surface area contributed by atoms with E-state index in [9.17, 15) is 9.59 Å². The number of thiazole rings is 1. The van der Waals surface area contributed by atoms with Gasteiger partial charge in [0.25, 0.3) is 5.91 Å². The van der Waals surface area contributed by atoms with Crippen LogP contribution < -0.4 is 9.64 Å². The monoisotopic (exact) mass is 400 g/mol. The SMILES string of the molecule is Cc1nc(-c2ccc3c(c2)N(CC(=O)OC2CCC(C)CC2)C(=O)CO3)cs1. The topological polar surface area (TPSA) is 68.7 Å². The first kappa shape index (κ1) is 18.9. The lowest BCUT2D eigenvalue weighted by atomic mass is 9.89. The second kappa shape index (κ2) is 7.91. The minimum atomic E-state index is -0.365. The van der Waals surface area contributed by atoms with Crippen molar-refractivity contribution in [3.05, 3.63) is 28.6 Å². The van der Waals surface area contributed by atoms with Crippen molar-refractivity contribution in [1.29, 1.82) is 0 Å². The molecule has 2 heterocycles. The van der Waals surface area contributed by atoms with Gasteiger partial charge in [0.05, 0.1) is 16.4 Å². The second-order valence-corrected chi connectivity index (χ2v) is 8.64. The number of ether oxygens (including phenoxy) is 2. The van der Waals surface area contributed by atoms with E-state index in [4.69, 9.17) is 9.47 Å². The Labute approximate surface area is 168 Å². The summed E-state index contributed by atoms with van der Waals surface area (Å²) >= 11 is 1.57. The van der Waals surface area contributed by atoms with E-state index in [0.717, 1.165) is 41.9 Å². The first-order valence-corrected chi connectivity index (χ1v) is 10.6. The Morgan fingerprint density at radius 2 is 2.11 bits per heavy atom. The zero-order valence-electron chi connectivity index (χ0n) is 16.1. The maximum absolute atomic E-state index is 12.5. The summed E-state index contributed by atoms with van der Waals surface area (Å²) < 4.78 is 11.2. The summed E-state index contributed by atoms with van der Waals surface area (Å²) in [4.78, 5) is 30.9. The van der Waals surface area contributed by atoms with Crippen LogP contribution in [-0.2, 0) is 14.3 Å². The van der Waals surface area contributed by atoms with Gasteiger partial charge in [0.2, 0.25) is 0 Å². The predicted octanol–water partition coefficient (Wildman–Crippen LogP) is 3.97. The first-order chi connectivity index (χ1) is 13.5. The zero-order valence-corrected chi connectivity index (χ0v) is 17.0. The molecule has 0 atom stereocenters. The summed E-state index contributed by atoms with van der Waals surface area (Å²) in [6, 6.07) is 5.60. The molecule has 0 saturated heterocycles. The Hall–Kier alpha value is -2.41. The van der Waals surface area contributed by atoms with E-state index in [1.807, 2.05) is 30.5 Å². The first-order valence-electron chi connectivity index (χ1n) is 9.69. The number of aromatic nitrogens is 1. The van der Waals surface area contributed by atoms with Crippen LogP contribution in [0.4, 0.5) is 5.69 Å². The molecule has 7 heteroatoms. The van der Waals surface area contributed by atoms with E-state index in [1.165, 1.54) is 4.90 Å². The molecule has 0 spiro atoms. The van der Waals surface area contributed by atoms with Gasteiger partial charge in [-0.15, -0.1) is 11.3 Å².